The van der Waals surface area contributed by atoms with Crippen LogP contribution in [0.5, 0.6) is 0 Å². The molecule has 8 unspecified atom stereocenters. The summed E-state index contributed by atoms with van der Waals surface area (Å²) < 4.78 is 17.6. The smallest absolute Gasteiger partial charge is 0.306 e. The number of nitrogens with one attached hydrogen (secondary N) is 1. The number of ether oxygens (including phenoxy) is 3. The van der Waals surface area contributed by atoms with Gasteiger partial charge in [-0.2, -0.15) is 0 Å². The molecule has 0 aromatic rings. The maximum atomic E-state index is 13.4. The Hall–Kier alpha value is -4.20. The minimum absolute atomic E-state index is 0.0375. The average Bonchev–Trinajstić information content (AvgIpc) is 3.50. The van der Waals surface area contributed by atoms with E-state index in [-0.39, 0.29) is 19.4 Å². The largest absolute Gasteiger partial charge is 0.454 e. The van der Waals surface area contributed by atoms with Gasteiger partial charge in [0.15, 0.2) is 12.4 Å². The normalized spacial score (nSPS) is 19.6. The van der Waals surface area contributed by atoms with E-state index in [0.29, 0.717) is 19.3 Å². The Bertz CT molecular complexity index is 1830. The highest BCUT2D eigenvalue weighted by atomic mass is 16.7. The van der Waals surface area contributed by atoms with Crippen LogP contribution in [0.25, 0.3) is 0 Å². The molecule has 0 radical (unpaired) electrons. The summed E-state index contributed by atoms with van der Waals surface area (Å²) in [7, 11) is 0. The number of carbonyl (C=O) groups is 2. The van der Waals surface area contributed by atoms with Gasteiger partial charge in [-0.1, -0.05) is 251 Å². The Labute approximate surface area is 493 Å². The molecule has 6 N–H and O–H groups in total. The predicted molar refractivity (Wildman–Crippen MR) is 337 cm³/mol. The number of aliphatic hydroxyl groups excluding tert-OH is 5. The van der Waals surface area contributed by atoms with Crippen LogP contribution in [0.2, 0.25) is 0 Å². The molecule has 0 saturated carbocycles. The standard InChI is InChI=1S/C70H115NO10/c1-4-7-10-13-16-19-22-24-26-28-29-30-31-32-33-34-36-37-39-42-45-48-51-54-57-63(74)69(78)71-61(62(73)56-53-50-47-44-41-21-18-15-12-9-6-3)60-79-70-68(67(77)66(76)64(59-72)80-70)81-65(75)58-55-52-49-46-43-40-38-35-27-25-23-20-17-14-11-8-5-2/h7-8,10-11,16-17,19-20,24-27,29-30,32-33,38,40,46,49,53,56,61-64,66-68,70,72-74,76-77H,4-6,9,12-15,18,21-23,28,31,34-37,39,41-45,47-48,50-52,54-55,57-60H2,1-3H3,(H,71,78)/b10-7-,11-8-,19-16-,20-17-,26-24-,27-25-,30-29-,33-32-,40-38-,49-46-,56-53+. The zero-order valence-electron chi connectivity index (χ0n) is 50.8. The van der Waals surface area contributed by atoms with Crippen molar-refractivity contribution in [3.63, 3.8) is 0 Å². The van der Waals surface area contributed by atoms with Crippen molar-refractivity contribution in [1.82, 2.24) is 5.32 Å². The summed E-state index contributed by atoms with van der Waals surface area (Å²) >= 11 is 0. The molecule has 11 heteroatoms. The first-order valence-corrected chi connectivity index (χ1v) is 32.0. The van der Waals surface area contributed by atoms with Gasteiger partial charge in [0.2, 0.25) is 5.91 Å². The van der Waals surface area contributed by atoms with Crippen LogP contribution < -0.4 is 5.32 Å². The van der Waals surface area contributed by atoms with Crippen molar-refractivity contribution in [1.29, 1.82) is 0 Å². The quantitative estimate of drug-likeness (QED) is 0.0195. The average molecular weight is 1130 g/mol. The second-order valence-corrected chi connectivity index (χ2v) is 21.4. The fraction of sp³-hybridized carbons (Fsp3) is 0.657. The van der Waals surface area contributed by atoms with Crippen LogP contribution in [-0.4, -0.2) is 99.6 Å². The van der Waals surface area contributed by atoms with E-state index >= 15 is 0 Å². The van der Waals surface area contributed by atoms with E-state index in [2.05, 4.69) is 135 Å². The van der Waals surface area contributed by atoms with E-state index in [1.165, 1.54) is 57.8 Å². The van der Waals surface area contributed by atoms with E-state index in [0.717, 1.165) is 122 Å². The van der Waals surface area contributed by atoms with Crippen LogP contribution in [0.3, 0.4) is 0 Å². The van der Waals surface area contributed by atoms with Crippen molar-refractivity contribution in [2.75, 3.05) is 13.2 Å². The molecule has 0 aliphatic carbocycles. The molecule has 8 atom stereocenters. The lowest BCUT2D eigenvalue weighted by molar-refractivity contribution is -0.305. The van der Waals surface area contributed by atoms with Crippen LogP contribution in [0.15, 0.2) is 134 Å². The van der Waals surface area contributed by atoms with Gasteiger partial charge in [-0.15, -0.1) is 0 Å². The molecule has 0 aromatic heterocycles. The molecule has 1 saturated heterocycles. The van der Waals surface area contributed by atoms with Crippen LogP contribution >= 0.6 is 0 Å². The summed E-state index contributed by atoms with van der Waals surface area (Å²) in [6.07, 6.45) is 69.2. The number of hydrogen-bond acceptors (Lipinski definition) is 10. The van der Waals surface area contributed by atoms with Gasteiger partial charge in [0, 0.05) is 6.42 Å². The number of amides is 1. The molecule has 1 aliphatic heterocycles. The van der Waals surface area contributed by atoms with Gasteiger partial charge in [-0.3, -0.25) is 9.59 Å². The van der Waals surface area contributed by atoms with Crippen molar-refractivity contribution in [3.8, 4) is 0 Å². The number of hydrogen-bond donors (Lipinski definition) is 6. The van der Waals surface area contributed by atoms with Gasteiger partial charge >= 0.3 is 5.97 Å². The van der Waals surface area contributed by atoms with E-state index in [1.807, 2.05) is 18.2 Å². The first-order chi connectivity index (χ1) is 39.7. The SMILES string of the molecule is CC/C=C\C/C=C\C/C=C\C/C=C\C/C=C\CCCCCCCCCCC(O)C(=O)NC(COC1OC(CO)C(O)C(O)C1OC(=O)CCC/C=C\C/C=C\C/C=C\C/C=C\C/C=C\CC)C(O)/C=C/CCCCCCCCCCC. The van der Waals surface area contributed by atoms with Crippen molar-refractivity contribution < 1.29 is 49.3 Å². The van der Waals surface area contributed by atoms with Gasteiger partial charge in [0.1, 0.15) is 24.4 Å². The third kappa shape index (κ3) is 44.1. The number of esters is 1. The van der Waals surface area contributed by atoms with Crippen molar-refractivity contribution in [3.05, 3.63) is 134 Å². The molecule has 0 bridgehead atoms. The minimum Gasteiger partial charge on any atom is -0.454 e. The second kappa shape index (κ2) is 56.3. The van der Waals surface area contributed by atoms with Crippen molar-refractivity contribution in [2.24, 2.45) is 0 Å². The maximum absolute atomic E-state index is 13.4. The summed E-state index contributed by atoms with van der Waals surface area (Å²) in [4.78, 5) is 26.5. The molecule has 1 heterocycles. The lowest BCUT2D eigenvalue weighted by Gasteiger charge is -2.41. The molecule has 0 aromatic carbocycles. The third-order valence-corrected chi connectivity index (χ3v) is 14.0. The highest BCUT2D eigenvalue weighted by Gasteiger charge is 2.47. The summed E-state index contributed by atoms with van der Waals surface area (Å²) in [5.74, 6) is -1.27. The number of unbranched alkanes of at least 4 members (excludes halogenated alkanes) is 18. The maximum Gasteiger partial charge on any atom is 0.306 e. The number of rotatable bonds is 52. The Morgan fingerprint density at radius 3 is 1.33 bits per heavy atom. The fourth-order valence-electron chi connectivity index (χ4n) is 9.07. The summed E-state index contributed by atoms with van der Waals surface area (Å²) in [5.41, 5.74) is 0. The summed E-state index contributed by atoms with van der Waals surface area (Å²) in [6.45, 7) is 5.51. The molecule has 1 rings (SSSR count). The first kappa shape index (κ1) is 74.8. The van der Waals surface area contributed by atoms with Crippen molar-refractivity contribution >= 4 is 11.9 Å². The lowest BCUT2D eigenvalue weighted by Crippen LogP contribution is -2.61. The zero-order chi connectivity index (χ0) is 58.9. The molecular formula is C70H115NO10. The topological polar surface area (TPSA) is 175 Å². The van der Waals surface area contributed by atoms with E-state index < -0.39 is 67.4 Å². The highest BCUT2D eigenvalue weighted by Crippen LogP contribution is 2.26. The second-order valence-electron chi connectivity index (χ2n) is 21.4. The zero-order valence-corrected chi connectivity index (χ0v) is 50.8. The molecular weight excluding hydrogens is 1010 g/mol. The van der Waals surface area contributed by atoms with Crippen LogP contribution in [0.4, 0.5) is 0 Å². The van der Waals surface area contributed by atoms with E-state index in [9.17, 15) is 35.1 Å². The van der Waals surface area contributed by atoms with Gasteiger partial charge in [-0.25, -0.2) is 0 Å². The predicted octanol–water partition coefficient (Wildman–Crippen LogP) is 15.6. The lowest BCUT2D eigenvalue weighted by atomic mass is 9.99. The van der Waals surface area contributed by atoms with Crippen molar-refractivity contribution in [2.45, 2.75) is 282 Å². The van der Waals surface area contributed by atoms with Gasteiger partial charge in [0.05, 0.1) is 25.4 Å². The molecule has 1 aliphatic rings. The number of aliphatic hydroxyl groups is 5. The highest BCUT2D eigenvalue weighted by molar-refractivity contribution is 5.80. The summed E-state index contributed by atoms with van der Waals surface area (Å²) in [5, 5.41) is 57.0. The van der Waals surface area contributed by atoms with Crippen LogP contribution in [-0.2, 0) is 23.8 Å². The fourth-order valence-corrected chi connectivity index (χ4v) is 9.07. The molecule has 81 heavy (non-hydrogen) atoms. The molecule has 460 valence electrons. The molecule has 11 nitrogen and oxygen atoms in total. The molecule has 1 amide bonds. The number of allylic oxidation sites excluding steroid dienone is 21. The minimum atomic E-state index is -1.65. The Morgan fingerprint density at radius 1 is 0.494 bits per heavy atom. The molecule has 1 fully saturated rings. The van der Waals surface area contributed by atoms with E-state index in [1.54, 1.807) is 6.08 Å². The Morgan fingerprint density at radius 2 is 0.889 bits per heavy atom. The Balaban J connectivity index is 2.66. The Kier molecular flexibility index (Phi) is 52.0. The molecule has 0 spiro atoms. The van der Waals surface area contributed by atoms with Gasteiger partial charge < -0.3 is 45.1 Å². The van der Waals surface area contributed by atoms with E-state index in [4.69, 9.17) is 14.2 Å². The van der Waals surface area contributed by atoms with Gasteiger partial charge in [0.25, 0.3) is 0 Å². The summed E-state index contributed by atoms with van der Waals surface area (Å²) in [6, 6.07) is -1.05. The van der Waals surface area contributed by atoms with Crippen LogP contribution in [0.1, 0.15) is 233 Å². The number of carbonyl (C=O) groups excluding carboxylic acids is 2. The third-order valence-electron chi connectivity index (χ3n) is 14.0. The monoisotopic (exact) mass is 1130 g/mol. The first-order valence-electron chi connectivity index (χ1n) is 32.0. The van der Waals surface area contributed by atoms with Gasteiger partial charge in [-0.05, 0) is 109 Å². The van der Waals surface area contributed by atoms with Crippen LogP contribution in [0, 0.1) is 0 Å².